The van der Waals surface area contributed by atoms with E-state index in [4.69, 9.17) is 9.47 Å². The lowest BCUT2D eigenvalue weighted by atomic mass is 10.2. The van der Waals surface area contributed by atoms with Gasteiger partial charge in [0.1, 0.15) is 17.8 Å². The molecule has 0 aliphatic heterocycles. The summed E-state index contributed by atoms with van der Waals surface area (Å²) >= 11 is 1.58. The second-order valence-electron chi connectivity index (χ2n) is 5.48. The van der Waals surface area contributed by atoms with Crippen LogP contribution in [0.3, 0.4) is 0 Å². The molecule has 0 aliphatic carbocycles. The molecule has 1 aromatic heterocycles. The first-order chi connectivity index (χ1) is 12.7. The zero-order chi connectivity index (χ0) is 18.4. The highest BCUT2D eigenvalue weighted by Crippen LogP contribution is 2.24. The maximum absolute atomic E-state index is 10.6. The zero-order valence-corrected chi connectivity index (χ0v) is 15.4. The molecule has 0 saturated carbocycles. The molecular formula is C19H19N3O3S. The van der Waals surface area contributed by atoms with Gasteiger partial charge in [0, 0.05) is 23.9 Å². The lowest BCUT2D eigenvalue weighted by Crippen LogP contribution is -2.02. The number of hydrogen-bond donors (Lipinski definition) is 0. The van der Waals surface area contributed by atoms with E-state index in [-0.39, 0.29) is 0 Å². The van der Waals surface area contributed by atoms with Crippen LogP contribution >= 0.6 is 11.8 Å². The highest BCUT2D eigenvalue weighted by Gasteiger charge is 2.11. The number of carbonyl (C=O) groups excluding carboxylic acids is 1. The molecule has 0 saturated heterocycles. The van der Waals surface area contributed by atoms with E-state index in [1.54, 1.807) is 43.1 Å². The van der Waals surface area contributed by atoms with Crippen LogP contribution in [0.15, 0.2) is 53.7 Å². The molecule has 0 bridgehead atoms. The van der Waals surface area contributed by atoms with Crippen molar-refractivity contribution in [1.82, 2.24) is 14.8 Å². The lowest BCUT2D eigenvalue weighted by molar-refractivity contribution is 0.112. The van der Waals surface area contributed by atoms with Gasteiger partial charge in [-0.15, -0.1) is 10.2 Å². The number of hydrogen-bond acceptors (Lipinski definition) is 6. The third-order valence-corrected chi connectivity index (χ3v) is 4.77. The highest BCUT2D eigenvalue weighted by molar-refractivity contribution is 7.99. The molecule has 134 valence electrons. The number of thioether (sulfide) groups is 1. The number of aromatic nitrogens is 3. The maximum atomic E-state index is 10.6. The molecule has 0 aliphatic rings. The predicted octanol–water partition coefficient (Wildman–Crippen LogP) is 3.47. The molecule has 0 radical (unpaired) electrons. The summed E-state index contributed by atoms with van der Waals surface area (Å²) in [5, 5.41) is 9.36. The molecule has 6 nitrogen and oxygen atoms in total. The highest BCUT2D eigenvalue weighted by atomic mass is 32.2. The molecular weight excluding hydrogens is 350 g/mol. The first kappa shape index (κ1) is 18.0. The third kappa shape index (κ3) is 4.23. The first-order valence-corrected chi connectivity index (χ1v) is 9.04. The van der Waals surface area contributed by atoms with Crippen molar-refractivity contribution in [1.29, 1.82) is 0 Å². The fourth-order valence-electron chi connectivity index (χ4n) is 2.37. The summed E-state index contributed by atoms with van der Waals surface area (Å²) in [7, 11) is 3.59. The molecule has 1 heterocycles. The van der Waals surface area contributed by atoms with E-state index in [0.717, 1.165) is 40.1 Å². The van der Waals surface area contributed by atoms with E-state index in [0.29, 0.717) is 12.2 Å². The monoisotopic (exact) mass is 369 g/mol. The Morgan fingerprint density at radius 3 is 2.38 bits per heavy atom. The summed E-state index contributed by atoms with van der Waals surface area (Å²) in [5.74, 6) is 3.10. The molecule has 0 spiro atoms. The predicted molar refractivity (Wildman–Crippen MR) is 101 cm³/mol. The van der Waals surface area contributed by atoms with E-state index < -0.39 is 0 Å². The molecule has 3 rings (SSSR count). The van der Waals surface area contributed by atoms with Crippen molar-refractivity contribution in [3.63, 3.8) is 0 Å². The smallest absolute Gasteiger partial charge is 0.191 e. The van der Waals surface area contributed by atoms with Gasteiger partial charge in [0.05, 0.1) is 13.7 Å². The van der Waals surface area contributed by atoms with Crippen LogP contribution in [0.4, 0.5) is 0 Å². The summed E-state index contributed by atoms with van der Waals surface area (Å²) in [6.07, 6.45) is 0.814. The van der Waals surface area contributed by atoms with Crippen LogP contribution in [-0.2, 0) is 7.05 Å². The van der Waals surface area contributed by atoms with E-state index >= 15 is 0 Å². The first-order valence-electron chi connectivity index (χ1n) is 8.06. The van der Waals surface area contributed by atoms with Crippen molar-refractivity contribution in [2.75, 3.05) is 19.5 Å². The lowest BCUT2D eigenvalue weighted by Gasteiger charge is -2.07. The molecule has 0 N–H and O–H groups in total. The number of rotatable bonds is 8. The Balaban J connectivity index is 1.55. The molecule has 3 aromatic rings. The SMILES string of the molecule is COc1ccc(-c2nnc(SCCOc3ccc(C=O)cc3)n2C)cc1. The number of nitrogens with zero attached hydrogens (tertiary/aromatic N) is 3. The Morgan fingerprint density at radius 1 is 1.04 bits per heavy atom. The summed E-state index contributed by atoms with van der Waals surface area (Å²) in [6, 6.07) is 14.8. The molecule has 0 fully saturated rings. The number of aldehydes is 1. The molecule has 7 heteroatoms. The van der Waals surface area contributed by atoms with Crippen molar-refractivity contribution < 1.29 is 14.3 Å². The van der Waals surface area contributed by atoms with Gasteiger partial charge in [-0.05, 0) is 48.5 Å². The Kier molecular flexibility index (Phi) is 5.91. The minimum absolute atomic E-state index is 0.538. The van der Waals surface area contributed by atoms with Gasteiger partial charge in [0.2, 0.25) is 0 Å². The molecule has 2 aromatic carbocycles. The Hall–Kier alpha value is -2.80. The average Bonchev–Trinajstić information content (AvgIpc) is 3.06. The minimum atomic E-state index is 0.538. The second-order valence-corrected chi connectivity index (χ2v) is 6.54. The van der Waals surface area contributed by atoms with E-state index in [2.05, 4.69) is 10.2 Å². The largest absolute Gasteiger partial charge is 0.497 e. The molecule has 0 atom stereocenters. The fourth-order valence-corrected chi connectivity index (χ4v) is 3.10. The maximum Gasteiger partial charge on any atom is 0.191 e. The fraction of sp³-hybridized carbons (Fsp3) is 0.211. The van der Waals surface area contributed by atoms with Crippen LogP contribution in [0.2, 0.25) is 0 Å². The van der Waals surface area contributed by atoms with Gasteiger partial charge < -0.3 is 14.0 Å². The Labute approximate surface area is 156 Å². The van der Waals surface area contributed by atoms with Gasteiger partial charge in [0.25, 0.3) is 0 Å². The van der Waals surface area contributed by atoms with Gasteiger partial charge in [0.15, 0.2) is 11.0 Å². The standard InChI is InChI=1S/C19H19N3O3S/c1-22-18(15-5-9-16(24-2)10-6-15)20-21-19(22)26-12-11-25-17-7-3-14(13-23)4-8-17/h3-10,13H,11-12H2,1-2H3. The Morgan fingerprint density at radius 2 is 1.73 bits per heavy atom. The minimum Gasteiger partial charge on any atom is -0.497 e. The van der Waals surface area contributed by atoms with Crippen molar-refractivity contribution in [2.45, 2.75) is 5.16 Å². The van der Waals surface area contributed by atoms with Crippen LogP contribution in [0.5, 0.6) is 11.5 Å². The number of ether oxygens (including phenoxy) is 2. The molecule has 26 heavy (non-hydrogen) atoms. The van der Waals surface area contributed by atoms with E-state index in [9.17, 15) is 4.79 Å². The quantitative estimate of drug-likeness (QED) is 0.344. The number of carbonyl (C=O) groups is 1. The number of benzene rings is 2. The summed E-state index contributed by atoms with van der Waals surface area (Å²) < 4.78 is 12.8. The van der Waals surface area contributed by atoms with Gasteiger partial charge in [-0.3, -0.25) is 4.79 Å². The van der Waals surface area contributed by atoms with Gasteiger partial charge in [-0.2, -0.15) is 0 Å². The van der Waals surface area contributed by atoms with E-state index in [1.807, 2.05) is 35.9 Å². The van der Waals surface area contributed by atoms with Gasteiger partial charge >= 0.3 is 0 Å². The van der Waals surface area contributed by atoms with Gasteiger partial charge in [-0.1, -0.05) is 11.8 Å². The second kappa shape index (κ2) is 8.53. The number of methoxy groups -OCH3 is 1. The molecule has 0 unspecified atom stereocenters. The van der Waals surface area contributed by atoms with Crippen molar-refractivity contribution in [3.8, 4) is 22.9 Å². The van der Waals surface area contributed by atoms with Crippen molar-refractivity contribution in [2.24, 2.45) is 7.05 Å². The van der Waals surface area contributed by atoms with Crippen LogP contribution in [0.1, 0.15) is 10.4 Å². The molecule has 0 amide bonds. The Bertz CT molecular complexity index is 861. The summed E-state index contributed by atoms with van der Waals surface area (Å²) in [6.45, 7) is 0.538. The van der Waals surface area contributed by atoms with Crippen LogP contribution in [0, 0.1) is 0 Å². The van der Waals surface area contributed by atoms with Crippen LogP contribution in [0.25, 0.3) is 11.4 Å². The summed E-state index contributed by atoms with van der Waals surface area (Å²) in [5.41, 5.74) is 1.62. The average molecular weight is 369 g/mol. The summed E-state index contributed by atoms with van der Waals surface area (Å²) in [4.78, 5) is 10.6. The van der Waals surface area contributed by atoms with E-state index in [1.165, 1.54) is 0 Å². The normalized spacial score (nSPS) is 10.5. The topological polar surface area (TPSA) is 66.2 Å². The van der Waals surface area contributed by atoms with Crippen LogP contribution < -0.4 is 9.47 Å². The van der Waals surface area contributed by atoms with Crippen molar-refractivity contribution >= 4 is 18.0 Å². The van der Waals surface area contributed by atoms with Crippen LogP contribution in [-0.4, -0.2) is 40.5 Å². The zero-order valence-electron chi connectivity index (χ0n) is 14.6. The van der Waals surface area contributed by atoms with Crippen molar-refractivity contribution in [3.05, 3.63) is 54.1 Å². The van der Waals surface area contributed by atoms with Gasteiger partial charge in [-0.25, -0.2) is 0 Å². The third-order valence-electron chi connectivity index (χ3n) is 3.78.